The lowest BCUT2D eigenvalue weighted by Gasteiger charge is -2.08. The highest BCUT2D eigenvalue weighted by molar-refractivity contribution is 7.98. The Bertz CT molecular complexity index is 622. The smallest absolute Gasteiger partial charge is 0.221 e. The van der Waals surface area contributed by atoms with E-state index < -0.39 is 0 Å². The number of hydrogen-bond acceptors (Lipinski definition) is 5. The van der Waals surface area contributed by atoms with Gasteiger partial charge in [0.05, 0.1) is 4.90 Å². The van der Waals surface area contributed by atoms with Crippen LogP contribution in [0.25, 0.3) is 11.4 Å². The molecule has 7 heteroatoms. The molecule has 0 fully saturated rings. The van der Waals surface area contributed by atoms with E-state index in [2.05, 4.69) is 15.3 Å². The van der Waals surface area contributed by atoms with Crippen LogP contribution in [0.4, 0.5) is 11.5 Å². The highest BCUT2D eigenvalue weighted by Crippen LogP contribution is 2.30. The van der Waals surface area contributed by atoms with Gasteiger partial charge in [0.25, 0.3) is 0 Å². The summed E-state index contributed by atoms with van der Waals surface area (Å²) < 4.78 is 0. The fourth-order valence-corrected chi connectivity index (χ4v) is 2.54. The lowest BCUT2D eigenvalue weighted by atomic mass is 10.2. The standard InChI is InChI=1S/C13H13ClN4OS/c1-7(19)16-9-5-3-8(4-6-9)13-17-11(14)10(20-2)12(15)18-13/h3-6H,1-2H3,(H,16,19)(H2,15,17,18). The largest absolute Gasteiger partial charge is 0.383 e. The van der Waals surface area contributed by atoms with Gasteiger partial charge in [-0.25, -0.2) is 9.97 Å². The number of rotatable bonds is 3. The molecule has 0 radical (unpaired) electrons. The van der Waals surface area contributed by atoms with Crippen molar-refractivity contribution in [3.8, 4) is 11.4 Å². The fraction of sp³-hybridized carbons (Fsp3) is 0.154. The number of carbonyl (C=O) groups excluding carboxylic acids is 1. The van der Waals surface area contributed by atoms with Crippen LogP contribution >= 0.6 is 23.4 Å². The number of carbonyl (C=O) groups is 1. The second-order valence-corrected chi connectivity index (χ2v) is 5.19. The molecular formula is C13H13ClN4OS. The number of benzene rings is 1. The van der Waals surface area contributed by atoms with Crippen LogP contribution in [0.1, 0.15) is 6.92 Å². The number of halogens is 1. The van der Waals surface area contributed by atoms with Crippen LogP contribution in [0.5, 0.6) is 0 Å². The Morgan fingerprint density at radius 2 is 1.95 bits per heavy atom. The SMILES string of the molecule is CSc1c(N)nc(-c2ccc(NC(C)=O)cc2)nc1Cl. The number of amides is 1. The molecule has 0 saturated carbocycles. The van der Waals surface area contributed by atoms with Crippen LogP contribution in [-0.4, -0.2) is 22.1 Å². The topological polar surface area (TPSA) is 80.9 Å². The highest BCUT2D eigenvalue weighted by Gasteiger charge is 2.11. The van der Waals surface area contributed by atoms with Crippen molar-refractivity contribution < 1.29 is 4.79 Å². The summed E-state index contributed by atoms with van der Waals surface area (Å²) in [6, 6.07) is 7.14. The van der Waals surface area contributed by atoms with Crippen molar-refractivity contribution in [2.24, 2.45) is 0 Å². The van der Waals surface area contributed by atoms with E-state index in [-0.39, 0.29) is 5.91 Å². The summed E-state index contributed by atoms with van der Waals surface area (Å²) in [5.74, 6) is 0.698. The number of nitrogens with zero attached hydrogens (tertiary/aromatic N) is 2. The summed E-state index contributed by atoms with van der Waals surface area (Å²) in [7, 11) is 0. The van der Waals surface area contributed by atoms with E-state index in [9.17, 15) is 4.79 Å². The number of aromatic nitrogens is 2. The molecule has 0 bridgehead atoms. The van der Waals surface area contributed by atoms with Gasteiger partial charge in [0.1, 0.15) is 11.0 Å². The Morgan fingerprint density at radius 3 is 2.45 bits per heavy atom. The number of thioether (sulfide) groups is 1. The Hall–Kier alpha value is -1.79. The van der Waals surface area contributed by atoms with Gasteiger partial charge in [-0.1, -0.05) is 11.6 Å². The van der Waals surface area contributed by atoms with Crippen LogP contribution in [-0.2, 0) is 4.79 Å². The summed E-state index contributed by atoms with van der Waals surface area (Å²) >= 11 is 7.48. The molecule has 0 saturated heterocycles. The van der Waals surface area contributed by atoms with Crippen molar-refractivity contribution in [1.29, 1.82) is 0 Å². The lowest BCUT2D eigenvalue weighted by molar-refractivity contribution is -0.114. The zero-order valence-corrected chi connectivity index (χ0v) is 12.5. The number of anilines is 2. The highest BCUT2D eigenvalue weighted by atomic mass is 35.5. The second-order valence-electron chi connectivity index (χ2n) is 4.02. The van der Waals surface area contributed by atoms with Gasteiger partial charge in [-0.3, -0.25) is 4.79 Å². The van der Waals surface area contributed by atoms with E-state index in [1.54, 1.807) is 24.3 Å². The van der Waals surface area contributed by atoms with Gasteiger partial charge >= 0.3 is 0 Å². The van der Waals surface area contributed by atoms with Gasteiger partial charge in [0.15, 0.2) is 5.82 Å². The molecule has 2 rings (SSSR count). The van der Waals surface area contributed by atoms with Gasteiger partial charge in [-0.05, 0) is 30.5 Å². The van der Waals surface area contributed by atoms with E-state index >= 15 is 0 Å². The summed E-state index contributed by atoms with van der Waals surface area (Å²) in [5, 5.41) is 3.03. The molecule has 0 aliphatic carbocycles. The summed E-state index contributed by atoms with van der Waals surface area (Å²) in [5.41, 5.74) is 7.34. The maximum Gasteiger partial charge on any atom is 0.221 e. The van der Waals surface area contributed by atoms with E-state index in [0.29, 0.717) is 27.4 Å². The zero-order chi connectivity index (χ0) is 14.7. The molecule has 0 atom stereocenters. The van der Waals surface area contributed by atoms with Crippen molar-refractivity contribution >= 4 is 40.8 Å². The molecule has 0 aliphatic heterocycles. The Morgan fingerprint density at radius 1 is 1.30 bits per heavy atom. The average Bonchev–Trinajstić information content (AvgIpc) is 2.38. The molecule has 3 N–H and O–H groups in total. The molecular weight excluding hydrogens is 296 g/mol. The predicted octanol–water partition coefficient (Wildman–Crippen LogP) is 3.06. The molecule has 0 aliphatic rings. The van der Waals surface area contributed by atoms with Crippen molar-refractivity contribution in [1.82, 2.24) is 9.97 Å². The molecule has 0 spiro atoms. The number of nitrogens with two attached hydrogens (primary N) is 1. The minimum atomic E-state index is -0.120. The normalized spacial score (nSPS) is 10.3. The first-order valence-corrected chi connectivity index (χ1v) is 7.36. The first-order chi connectivity index (χ1) is 9.51. The van der Waals surface area contributed by atoms with Crippen LogP contribution < -0.4 is 11.1 Å². The van der Waals surface area contributed by atoms with E-state index in [1.165, 1.54) is 18.7 Å². The Kier molecular flexibility index (Phi) is 4.46. The summed E-state index contributed by atoms with van der Waals surface area (Å²) in [6.45, 7) is 1.46. The maximum absolute atomic E-state index is 11.0. The van der Waals surface area contributed by atoms with Crippen LogP contribution in [0.2, 0.25) is 5.15 Å². The van der Waals surface area contributed by atoms with E-state index in [0.717, 1.165) is 5.56 Å². The van der Waals surface area contributed by atoms with Gasteiger partial charge < -0.3 is 11.1 Å². The lowest BCUT2D eigenvalue weighted by Crippen LogP contribution is -2.05. The van der Waals surface area contributed by atoms with Crippen molar-refractivity contribution in [2.75, 3.05) is 17.3 Å². The molecule has 20 heavy (non-hydrogen) atoms. The van der Waals surface area contributed by atoms with Gasteiger partial charge in [-0.15, -0.1) is 11.8 Å². The molecule has 104 valence electrons. The minimum Gasteiger partial charge on any atom is -0.383 e. The third kappa shape index (κ3) is 3.20. The van der Waals surface area contributed by atoms with Gasteiger partial charge in [0.2, 0.25) is 5.91 Å². The Labute approximate surface area is 126 Å². The molecule has 2 aromatic rings. The first kappa shape index (κ1) is 14.6. The third-order valence-corrected chi connectivity index (χ3v) is 3.71. The van der Waals surface area contributed by atoms with Crippen molar-refractivity contribution in [2.45, 2.75) is 11.8 Å². The van der Waals surface area contributed by atoms with Crippen molar-refractivity contribution in [3.63, 3.8) is 0 Å². The minimum absolute atomic E-state index is 0.120. The molecule has 1 aromatic heterocycles. The fourth-order valence-electron chi connectivity index (χ4n) is 1.66. The van der Waals surface area contributed by atoms with Crippen LogP contribution in [0.3, 0.4) is 0 Å². The predicted molar refractivity (Wildman–Crippen MR) is 83.0 cm³/mol. The first-order valence-electron chi connectivity index (χ1n) is 5.76. The van der Waals surface area contributed by atoms with E-state index in [4.69, 9.17) is 17.3 Å². The average molecular weight is 309 g/mol. The zero-order valence-electron chi connectivity index (χ0n) is 11.0. The third-order valence-electron chi connectivity index (χ3n) is 2.52. The molecule has 1 heterocycles. The number of nitrogen functional groups attached to an aromatic ring is 1. The molecule has 1 amide bonds. The molecule has 1 aromatic carbocycles. The van der Waals surface area contributed by atoms with Crippen molar-refractivity contribution in [3.05, 3.63) is 29.4 Å². The second kappa shape index (κ2) is 6.11. The maximum atomic E-state index is 11.0. The van der Waals surface area contributed by atoms with E-state index in [1.807, 2.05) is 6.26 Å². The molecule has 5 nitrogen and oxygen atoms in total. The monoisotopic (exact) mass is 308 g/mol. The number of hydrogen-bond donors (Lipinski definition) is 2. The number of nitrogens with one attached hydrogen (secondary N) is 1. The Balaban J connectivity index is 2.34. The van der Waals surface area contributed by atoms with Crippen LogP contribution in [0, 0.1) is 0 Å². The quantitative estimate of drug-likeness (QED) is 0.673. The van der Waals surface area contributed by atoms with Gasteiger partial charge in [0, 0.05) is 18.2 Å². The summed E-state index contributed by atoms with van der Waals surface area (Å²) in [4.78, 5) is 20.1. The van der Waals surface area contributed by atoms with Gasteiger partial charge in [-0.2, -0.15) is 0 Å². The summed E-state index contributed by atoms with van der Waals surface area (Å²) in [6.07, 6.45) is 1.86. The van der Waals surface area contributed by atoms with Crippen LogP contribution in [0.15, 0.2) is 29.2 Å². The molecule has 0 unspecified atom stereocenters.